The van der Waals surface area contributed by atoms with E-state index in [-0.39, 0.29) is 5.82 Å². The van der Waals surface area contributed by atoms with Crippen LogP contribution in [0.5, 0.6) is 0 Å². The topological polar surface area (TPSA) is 0 Å². The Morgan fingerprint density at radius 3 is 2.34 bits per heavy atom. The van der Waals surface area contributed by atoms with Gasteiger partial charge in [-0.2, -0.15) is 0 Å². The zero-order valence-corrected chi connectivity index (χ0v) is 19.6. The summed E-state index contributed by atoms with van der Waals surface area (Å²) in [4.78, 5) is 0. The van der Waals surface area contributed by atoms with Gasteiger partial charge in [-0.15, -0.1) is 6.58 Å². The highest BCUT2D eigenvalue weighted by Gasteiger charge is 2.18. The molecule has 1 heteroatoms. The number of hydrogen-bond donors (Lipinski definition) is 0. The average Bonchev–Trinajstić information content (AvgIpc) is 2.85. The lowest BCUT2D eigenvalue weighted by atomic mass is 9.79. The van der Waals surface area contributed by atoms with Gasteiger partial charge in [-0.1, -0.05) is 74.4 Å². The number of fused-ring (bicyclic) bond motifs is 1. The highest BCUT2D eigenvalue weighted by molar-refractivity contribution is 5.88. The first-order valence-corrected chi connectivity index (χ1v) is 12.6. The van der Waals surface area contributed by atoms with Crippen LogP contribution in [0.3, 0.4) is 0 Å². The minimum absolute atomic E-state index is 0.0392. The quantitative estimate of drug-likeness (QED) is 0.235. The number of halogens is 1. The molecule has 0 spiro atoms. The van der Waals surface area contributed by atoms with E-state index in [1.165, 1.54) is 43.2 Å². The van der Waals surface area contributed by atoms with Crippen LogP contribution >= 0.6 is 0 Å². The summed E-state index contributed by atoms with van der Waals surface area (Å²) in [6.07, 6.45) is 14.1. The zero-order valence-electron chi connectivity index (χ0n) is 19.6. The van der Waals surface area contributed by atoms with Crippen LogP contribution in [0, 0.1) is 17.7 Å². The summed E-state index contributed by atoms with van der Waals surface area (Å²) in [5, 5.41) is 1.73. The van der Waals surface area contributed by atoms with Crippen molar-refractivity contribution in [2.75, 3.05) is 0 Å². The molecule has 3 aromatic rings. The maximum atomic E-state index is 15.0. The first-order valence-electron chi connectivity index (χ1n) is 12.6. The summed E-state index contributed by atoms with van der Waals surface area (Å²) in [6, 6.07) is 19.2. The van der Waals surface area contributed by atoms with Gasteiger partial charge < -0.3 is 0 Å². The second-order valence-corrected chi connectivity index (χ2v) is 9.68. The molecule has 0 aliphatic heterocycles. The van der Waals surface area contributed by atoms with E-state index >= 15 is 0 Å². The van der Waals surface area contributed by atoms with Gasteiger partial charge in [0.1, 0.15) is 5.82 Å². The molecular formula is C31H37F. The van der Waals surface area contributed by atoms with Crippen LogP contribution in [-0.2, 0) is 12.8 Å². The lowest BCUT2D eigenvalue weighted by Gasteiger charge is -2.26. The van der Waals surface area contributed by atoms with Gasteiger partial charge in [0, 0.05) is 5.39 Å². The third kappa shape index (κ3) is 5.49. The van der Waals surface area contributed by atoms with Crippen LogP contribution in [0.25, 0.3) is 21.9 Å². The Kier molecular flexibility index (Phi) is 7.79. The molecule has 0 N–H and O–H groups in total. The van der Waals surface area contributed by atoms with E-state index < -0.39 is 0 Å². The fourth-order valence-corrected chi connectivity index (χ4v) is 5.22. The van der Waals surface area contributed by atoms with Gasteiger partial charge in [-0.25, -0.2) is 4.39 Å². The lowest BCUT2D eigenvalue weighted by molar-refractivity contribution is 0.296. The predicted octanol–water partition coefficient (Wildman–Crippen LogP) is 9.30. The third-order valence-electron chi connectivity index (χ3n) is 7.44. The second-order valence-electron chi connectivity index (χ2n) is 9.68. The Bertz CT molecular complexity index is 1020. The largest absolute Gasteiger partial charge is 0.206 e. The molecular weight excluding hydrogens is 391 g/mol. The summed E-state index contributed by atoms with van der Waals surface area (Å²) in [6.45, 7) is 6.14. The molecule has 1 saturated carbocycles. The Morgan fingerprint density at radius 2 is 1.62 bits per heavy atom. The Morgan fingerprint density at radius 1 is 0.875 bits per heavy atom. The summed E-state index contributed by atoms with van der Waals surface area (Å²) >= 11 is 0. The molecule has 0 radical (unpaired) electrons. The van der Waals surface area contributed by atoms with Crippen molar-refractivity contribution in [3.8, 4) is 11.1 Å². The maximum absolute atomic E-state index is 15.0. The van der Waals surface area contributed by atoms with Crippen molar-refractivity contribution >= 4 is 10.8 Å². The Labute approximate surface area is 193 Å². The van der Waals surface area contributed by atoms with E-state index in [9.17, 15) is 4.39 Å². The van der Waals surface area contributed by atoms with Gasteiger partial charge in [0.15, 0.2) is 0 Å². The van der Waals surface area contributed by atoms with Crippen molar-refractivity contribution in [1.29, 1.82) is 0 Å². The van der Waals surface area contributed by atoms with Gasteiger partial charge in [-0.05, 0) is 96.9 Å². The van der Waals surface area contributed by atoms with Crippen molar-refractivity contribution in [1.82, 2.24) is 0 Å². The van der Waals surface area contributed by atoms with Crippen molar-refractivity contribution in [2.24, 2.45) is 11.8 Å². The lowest BCUT2D eigenvalue weighted by Crippen LogP contribution is -2.13. The summed E-state index contributed by atoms with van der Waals surface area (Å²) in [5.74, 6) is 1.57. The monoisotopic (exact) mass is 428 g/mol. The fraction of sp³-hybridized carbons (Fsp3) is 0.419. The smallest absolute Gasteiger partial charge is 0.134 e. The maximum Gasteiger partial charge on any atom is 0.134 e. The van der Waals surface area contributed by atoms with E-state index in [1.54, 1.807) is 0 Å². The van der Waals surface area contributed by atoms with Gasteiger partial charge in [-0.3, -0.25) is 0 Å². The number of hydrogen-bond acceptors (Lipinski definition) is 0. The minimum Gasteiger partial charge on any atom is -0.206 e. The number of unbranched alkanes of at least 4 members (excludes halogenated alkanes) is 2. The highest BCUT2D eigenvalue weighted by Crippen LogP contribution is 2.33. The van der Waals surface area contributed by atoms with Crippen molar-refractivity contribution in [3.05, 3.63) is 84.2 Å². The average molecular weight is 429 g/mol. The summed E-state index contributed by atoms with van der Waals surface area (Å²) in [7, 11) is 0. The van der Waals surface area contributed by atoms with Crippen LogP contribution < -0.4 is 0 Å². The molecule has 0 heterocycles. The van der Waals surface area contributed by atoms with Crippen LogP contribution in [0.15, 0.2) is 67.3 Å². The molecule has 0 unspecified atom stereocenters. The van der Waals surface area contributed by atoms with E-state index in [4.69, 9.17) is 0 Å². The Hall–Kier alpha value is -2.41. The second kappa shape index (κ2) is 10.9. The van der Waals surface area contributed by atoms with Crippen LogP contribution in [-0.4, -0.2) is 0 Å². The minimum atomic E-state index is -0.0392. The van der Waals surface area contributed by atoms with Gasteiger partial charge in [0.05, 0.1) is 0 Å². The molecule has 168 valence electrons. The number of rotatable bonds is 9. The molecule has 0 nitrogen and oxygen atoms in total. The molecule has 0 atom stereocenters. The molecule has 0 saturated heterocycles. The van der Waals surface area contributed by atoms with Crippen LogP contribution in [0.2, 0.25) is 0 Å². The fourth-order valence-electron chi connectivity index (χ4n) is 5.22. The molecule has 0 bridgehead atoms. The van der Waals surface area contributed by atoms with E-state index in [2.05, 4.69) is 62.0 Å². The first-order chi connectivity index (χ1) is 15.7. The van der Waals surface area contributed by atoms with Crippen molar-refractivity contribution < 1.29 is 4.39 Å². The standard InChI is InChI=1S/C31H37F/c1-3-5-6-7-27-18-19-29-22-28(20-21-30(29)31(27)32)26-16-14-25(15-17-26)13-12-24-10-8-23(4-2)9-11-24/h4,14-24H,2-3,5-13H2,1H3. The highest BCUT2D eigenvalue weighted by atomic mass is 19.1. The summed E-state index contributed by atoms with van der Waals surface area (Å²) < 4.78 is 15.0. The number of aryl methyl sites for hydroxylation is 2. The van der Waals surface area contributed by atoms with Gasteiger partial charge in [0.2, 0.25) is 0 Å². The molecule has 1 fully saturated rings. The van der Waals surface area contributed by atoms with Crippen LogP contribution in [0.1, 0.15) is 69.4 Å². The van der Waals surface area contributed by atoms with Gasteiger partial charge >= 0.3 is 0 Å². The van der Waals surface area contributed by atoms with E-state index in [1.807, 2.05) is 12.1 Å². The molecule has 1 aliphatic carbocycles. The number of allylic oxidation sites excluding steroid dienone is 1. The molecule has 4 rings (SSSR count). The number of benzene rings is 3. The third-order valence-corrected chi connectivity index (χ3v) is 7.44. The molecule has 0 aromatic heterocycles. The molecule has 1 aliphatic rings. The van der Waals surface area contributed by atoms with E-state index in [0.717, 1.165) is 65.8 Å². The predicted molar refractivity (Wildman–Crippen MR) is 137 cm³/mol. The Balaban J connectivity index is 1.40. The van der Waals surface area contributed by atoms with Crippen LogP contribution in [0.4, 0.5) is 4.39 Å². The molecule has 3 aromatic carbocycles. The zero-order chi connectivity index (χ0) is 22.3. The van der Waals surface area contributed by atoms with Crippen molar-refractivity contribution in [3.63, 3.8) is 0 Å². The SMILES string of the molecule is C=CC1CCC(CCc2ccc(-c3ccc4c(F)c(CCCCC)ccc4c3)cc2)CC1. The van der Waals surface area contributed by atoms with Crippen molar-refractivity contribution in [2.45, 2.75) is 71.1 Å². The molecule has 0 amide bonds. The first kappa shape index (κ1) is 22.8. The normalized spacial score (nSPS) is 18.7. The van der Waals surface area contributed by atoms with E-state index in [0.29, 0.717) is 0 Å². The molecule has 32 heavy (non-hydrogen) atoms. The summed E-state index contributed by atoms with van der Waals surface area (Å²) in [5.41, 5.74) is 4.63. The van der Waals surface area contributed by atoms with Gasteiger partial charge in [0.25, 0.3) is 0 Å².